The fourth-order valence-electron chi connectivity index (χ4n) is 1.46. The van der Waals surface area contributed by atoms with Gasteiger partial charge in [-0.3, -0.25) is 9.78 Å². The molecule has 0 radical (unpaired) electrons. The van der Waals surface area contributed by atoms with Gasteiger partial charge in [0.25, 0.3) is 5.56 Å². The fraction of sp³-hybridized carbons (Fsp3) is 0.167. The molecule has 2 aromatic rings. The number of nitrogens with one attached hydrogen (secondary N) is 1. The third kappa shape index (κ3) is 1.82. The van der Waals surface area contributed by atoms with Gasteiger partial charge in [0.15, 0.2) is 0 Å². The number of hydrogen-bond acceptors (Lipinski definition) is 3. The highest BCUT2D eigenvalue weighted by Gasteiger charge is 2.10. The zero-order valence-corrected chi connectivity index (χ0v) is 9.15. The van der Waals surface area contributed by atoms with Crippen LogP contribution >= 0.6 is 0 Å². The first-order valence-corrected chi connectivity index (χ1v) is 4.92. The molecular weight excluding hydrogens is 204 g/mol. The molecule has 0 aliphatic carbocycles. The third-order valence-electron chi connectivity index (χ3n) is 2.30. The number of hydrogen-bond donors (Lipinski definition) is 1. The summed E-state index contributed by atoms with van der Waals surface area (Å²) in [7, 11) is 1.51. The lowest BCUT2D eigenvalue weighted by Crippen LogP contribution is -2.14. The van der Waals surface area contributed by atoms with E-state index in [0.29, 0.717) is 17.3 Å². The Morgan fingerprint density at radius 1 is 1.25 bits per heavy atom. The van der Waals surface area contributed by atoms with Crippen molar-refractivity contribution in [2.75, 3.05) is 7.11 Å². The second kappa shape index (κ2) is 4.18. The molecule has 2 rings (SSSR count). The van der Waals surface area contributed by atoms with Crippen LogP contribution in [0.25, 0.3) is 11.3 Å². The molecule has 1 aromatic heterocycles. The Hall–Kier alpha value is -2.10. The van der Waals surface area contributed by atoms with Crippen LogP contribution in [0.5, 0.6) is 5.88 Å². The molecule has 0 aliphatic rings. The monoisotopic (exact) mass is 216 g/mol. The summed E-state index contributed by atoms with van der Waals surface area (Å²) in [6.45, 7) is 1.67. The highest BCUT2D eigenvalue weighted by molar-refractivity contribution is 5.64. The van der Waals surface area contributed by atoms with Gasteiger partial charge in [0, 0.05) is 5.56 Å². The fourth-order valence-corrected chi connectivity index (χ4v) is 1.46. The minimum absolute atomic E-state index is 0.225. The number of rotatable bonds is 2. The standard InChI is InChI=1S/C12H12N2O2/c1-8-11(15)14-12(16-2)10(13-8)9-6-4-3-5-7-9/h3-7H,1-2H3,(H,14,15). The van der Waals surface area contributed by atoms with Crippen molar-refractivity contribution in [3.8, 4) is 17.1 Å². The summed E-state index contributed by atoms with van der Waals surface area (Å²) in [5, 5.41) is 0. The van der Waals surface area contributed by atoms with E-state index < -0.39 is 0 Å². The van der Waals surface area contributed by atoms with E-state index in [4.69, 9.17) is 4.74 Å². The first-order chi connectivity index (χ1) is 7.72. The van der Waals surface area contributed by atoms with Crippen LogP contribution in [-0.4, -0.2) is 17.1 Å². The number of H-pyrrole nitrogens is 1. The Balaban J connectivity index is 2.65. The van der Waals surface area contributed by atoms with Crippen LogP contribution in [0.1, 0.15) is 5.69 Å². The molecule has 0 saturated carbocycles. The molecule has 0 spiro atoms. The average Bonchev–Trinajstić information content (AvgIpc) is 2.33. The maximum absolute atomic E-state index is 11.4. The largest absolute Gasteiger partial charge is 0.481 e. The summed E-state index contributed by atoms with van der Waals surface area (Å²) in [4.78, 5) is 18.3. The number of aromatic amines is 1. The highest BCUT2D eigenvalue weighted by Crippen LogP contribution is 2.24. The van der Waals surface area contributed by atoms with E-state index >= 15 is 0 Å². The Labute approximate surface area is 92.9 Å². The average molecular weight is 216 g/mol. The lowest BCUT2D eigenvalue weighted by atomic mass is 10.1. The summed E-state index contributed by atoms with van der Waals surface area (Å²) in [5.41, 5.74) is 1.77. The number of methoxy groups -OCH3 is 1. The van der Waals surface area contributed by atoms with Crippen molar-refractivity contribution in [2.24, 2.45) is 0 Å². The van der Waals surface area contributed by atoms with E-state index in [9.17, 15) is 4.79 Å². The van der Waals surface area contributed by atoms with Gasteiger partial charge in [0.2, 0.25) is 5.88 Å². The number of aromatic nitrogens is 2. The van der Waals surface area contributed by atoms with Gasteiger partial charge in [-0.25, -0.2) is 4.98 Å². The molecule has 0 bridgehead atoms. The molecule has 82 valence electrons. The van der Waals surface area contributed by atoms with Crippen LogP contribution in [0, 0.1) is 6.92 Å². The SMILES string of the molecule is COc1[nH]c(=O)c(C)nc1-c1ccccc1. The predicted octanol–water partition coefficient (Wildman–Crippen LogP) is 1.75. The summed E-state index contributed by atoms with van der Waals surface area (Å²) < 4.78 is 5.12. The minimum atomic E-state index is -0.225. The number of aryl methyl sites for hydroxylation is 1. The summed E-state index contributed by atoms with van der Waals surface area (Å²) >= 11 is 0. The number of nitrogens with zero attached hydrogens (tertiary/aromatic N) is 1. The molecule has 0 atom stereocenters. The molecule has 16 heavy (non-hydrogen) atoms. The van der Waals surface area contributed by atoms with Gasteiger partial charge in [0.05, 0.1) is 7.11 Å². The van der Waals surface area contributed by atoms with Crippen LogP contribution < -0.4 is 10.3 Å². The molecule has 0 unspecified atom stereocenters. The summed E-state index contributed by atoms with van der Waals surface area (Å²) in [6.07, 6.45) is 0. The van der Waals surface area contributed by atoms with Crippen molar-refractivity contribution < 1.29 is 4.74 Å². The predicted molar refractivity (Wildman–Crippen MR) is 61.6 cm³/mol. The molecule has 0 fully saturated rings. The van der Waals surface area contributed by atoms with Gasteiger partial charge in [-0.15, -0.1) is 0 Å². The van der Waals surface area contributed by atoms with Gasteiger partial charge >= 0.3 is 0 Å². The van der Waals surface area contributed by atoms with Gasteiger partial charge in [-0.2, -0.15) is 0 Å². The first kappa shape index (κ1) is 10.4. The molecule has 0 aliphatic heterocycles. The van der Waals surface area contributed by atoms with E-state index in [1.54, 1.807) is 6.92 Å². The molecule has 1 heterocycles. The first-order valence-electron chi connectivity index (χ1n) is 4.92. The summed E-state index contributed by atoms with van der Waals surface area (Å²) in [6, 6.07) is 9.59. The van der Waals surface area contributed by atoms with Crippen molar-refractivity contribution in [3.05, 3.63) is 46.4 Å². The van der Waals surface area contributed by atoms with Crippen LogP contribution in [0.3, 0.4) is 0 Å². The van der Waals surface area contributed by atoms with Crippen molar-refractivity contribution in [2.45, 2.75) is 6.92 Å². The van der Waals surface area contributed by atoms with E-state index in [1.165, 1.54) is 7.11 Å². The molecule has 0 saturated heterocycles. The van der Waals surface area contributed by atoms with E-state index in [-0.39, 0.29) is 5.56 Å². The maximum Gasteiger partial charge on any atom is 0.272 e. The van der Waals surface area contributed by atoms with Crippen LogP contribution in [0.15, 0.2) is 35.1 Å². The third-order valence-corrected chi connectivity index (χ3v) is 2.30. The van der Waals surface area contributed by atoms with Crippen molar-refractivity contribution in [1.29, 1.82) is 0 Å². The maximum atomic E-state index is 11.4. The zero-order valence-electron chi connectivity index (χ0n) is 9.15. The minimum Gasteiger partial charge on any atom is -0.481 e. The lowest BCUT2D eigenvalue weighted by molar-refractivity contribution is 0.396. The van der Waals surface area contributed by atoms with E-state index in [2.05, 4.69) is 9.97 Å². The molecule has 4 heteroatoms. The smallest absolute Gasteiger partial charge is 0.272 e. The normalized spacial score (nSPS) is 10.1. The van der Waals surface area contributed by atoms with Crippen molar-refractivity contribution in [3.63, 3.8) is 0 Å². The highest BCUT2D eigenvalue weighted by atomic mass is 16.5. The summed E-state index contributed by atoms with van der Waals surface area (Å²) in [5.74, 6) is 0.391. The second-order valence-corrected chi connectivity index (χ2v) is 3.40. The quantitative estimate of drug-likeness (QED) is 0.832. The van der Waals surface area contributed by atoms with Crippen LogP contribution in [0.2, 0.25) is 0 Å². The van der Waals surface area contributed by atoms with E-state index in [0.717, 1.165) is 5.56 Å². The Morgan fingerprint density at radius 2 is 1.94 bits per heavy atom. The Morgan fingerprint density at radius 3 is 2.56 bits per heavy atom. The van der Waals surface area contributed by atoms with E-state index in [1.807, 2.05) is 30.3 Å². The molecule has 0 amide bonds. The number of benzene rings is 1. The number of ether oxygens (including phenoxy) is 1. The van der Waals surface area contributed by atoms with Gasteiger partial charge in [-0.05, 0) is 6.92 Å². The van der Waals surface area contributed by atoms with Gasteiger partial charge < -0.3 is 4.74 Å². The zero-order chi connectivity index (χ0) is 11.5. The van der Waals surface area contributed by atoms with Gasteiger partial charge in [0.1, 0.15) is 11.4 Å². The molecular formula is C12H12N2O2. The van der Waals surface area contributed by atoms with Crippen molar-refractivity contribution in [1.82, 2.24) is 9.97 Å². The molecule has 1 N–H and O–H groups in total. The van der Waals surface area contributed by atoms with Crippen LogP contribution in [0.4, 0.5) is 0 Å². The second-order valence-electron chi connectivity index (χ2n) is 3.40. The molecule has 4 nitrogen and oxygen atoms in total. The van der Waals surface area contributed by atoms with Gasteiger partial charge in [-0.1, -0.05) is 30.3 Å². The topological polar surface area (TPSA) is 55.0 Å². The van der Waals surface area contributed by atoms with Crippen LogP contribution in [-0.2, 0) is 0 Å². The lowest BCUT2D eigenvalue weighted by Gasteiger charge is -2.07. The van der Waals surface area contributed by atoms with Crippen molar-refractivity contribution >= 4 is 0 Å². The molecule has 1 aromatic carbocycles. The Kier molecular flexibility index (Phi) is 2.72. The Bertz CT molecular complexity index is 547.